The molecule has 0 amide bonds. The lowest BCUT2D eigenvalue weighted by Crippen LogP contribution is -1.86. The summed E-state index contributed by atoms with van der Waals surface area (Å²) in [5, 5.41) is 8.78. The first-order chi connectivity index (χ1) is 8.38. The van der Waals surface area contributed by atoms with Crippen LogP contribution in [0, 0.1) is 11.3 Å². The first-order valence-electron chi connectivity index (χ1n) is 5.45. The van der Waals surface area contributed by atoms with Gasteiger partial charge in [0.1, 0.15) is 0 Å². The van der Waals surface area contributed by atoms with Gasteiger partial charge < -0.3 is 4.40 Å². The molecule has 2 heterocycles. The Morgan fingerprint density at radius 1 is 0.882 bits per heavy atom. The van der Waals surface area contributed by atoms with E-state index in [4.69, 9.17) is 5.26 Å². The van der Waals surface area contributed by atoms with E-state index in [1.165, 1.54) is 5.52 Å². The Bertz CT molecular complexity index is 700. The summed E-state index contributed by atoms with van der Waals surface area (Å²) in [5.41, 5.74) is 4.13. The molecule has 0 atom stereocenters. The number of hydrogen-bond donors (Lipinski definition) is 0. The third-order valence-corrected chi connectivity index (χ3v) is 2.87. The van der Waals surface area contributed by atoms with E-state index < -0.39 is 0 Å². The minimum absolute atomic E-state index is 0.689. The molecule has 0 unspecified atom stereocenters. The van der Waals surface area contributed by atoms with Crippen molar-refractivity contribution in [1.82, 2.24) is 4.40 Å². The summed E-state index contributed by atoms with van der Waals surface area (Å²) in [7, 11) is 0. The summed E-state index contributed by atoms with van der Waals surface area (Å²) >= 11 is 0. The van der Waals surface area contributed by atoms with Crippen LogP contribution in [0.2, 0.25) is 0 Å². The number of nitrogens with zero attached hydrogens (tertiary/aromatic N) is 2. The summed E-state index contributed by atoms with van der Waals surface area (Å²) in [5.74, 6) is 0. The van der Waals surface area contributed by atoms with Crippen molar-refractivity contribution in [1.29, 1.82) is 5.26 Å². The standard InChI is InChI=1S/C15H10N2/c16-11-12-4-6-13(7-5-12)15-9-8-14-3-1-2-10-17(14)15/h1-10H. The van der Waals surface area contributed by atoms with Crippen molar-refractivity contribution < 1.29 is 0 Å². The van der Waals surface area contributed by atoms with Gasteiger partial charge in [0, 0.05) is 11.7 Å². The van der Waals surface area contributed by atoms with Crippen LogP contribution in [-0.4, -0.2) is 4.40 Å². The third-order valence-electron chi connectivity index (χ3n) is 2.87. The van der Waals surface area contributed by atoms with E-state index >= 15 is 0 Å². The molecular weight excluding hydrogens is 208 g/mol. The van der Waals surface area contributed by atoms with E-state index in [1.807, 2.05) is 42.6 Å². The number of nitriles is 1. The highest BCUT2D eigenvalue weighted by atomic mass is 14.9. The van der Waals surface area contributed by atoms with Crippen LogP contribution in [0.15, 0.2) is 60.8 Å². The Balaban J connectivity index is 2.17. The van der Waals surface area contributed by atoms with Gasteiger partial charge in [-0.2, -0.15) is 5.26 Å². The summed E-state index contributed by atoms with van der Waals surface area (Å²) in [4.78, 5) is 0. The molecule has 1 aromatic carbocycles. The summed E-state index contributed by atoms with van der Waals surface area (Å²) in [6.45, 7) is 0. The lowest BCUT2D eigenvalue weighted by atomic mass is 10.1. The van der Waals surface area contributed by atoms with Gasteiger partial charge in [-0.3, -0.25) is 0 Å². The Morgan fingerprint density at radius 3 is 2.47 bits per heavy atom. The molecule has 2 aromatic heterocycles. The number of pyridine rings is 1. The minimum atomic E-state index is 0.689. The van der Waals surface area contributed by atoms with E-state index in [9.17, 15) is 0 Å². The fourth-order valence-electron chi connectivity index (χ4n) is 2.01. The Morgan fingerprint density at radius 2 is 1.71 bits per heavy atom. The molecular formula is C15H10N2. The Labute approximate surface area is 99.4 Å². The average Bonchev–Trinajstić information content (AvgIpc) is 2.83. The van der Waals surface area contributed by atoms with Crippen molar-refractivity contribution in [2.24, 2.45) is 0 Å². The smallest absolute Gasteiger partial charge is 0.0991 e. The van der Waals surface area contributed by atoms with Crippen molar-refractivity contribution in [2.75, 3.05) is 0 Å². The highest BCUT2D eigenvalue weighted by molar-refractivity contribution is 5.67. The van der Waals surface area contributed by atoms with Crippen LogP contribution in [0.4, 0.5) is 0 Å². The van der Waals surface area contributed by atoms with Crippen molar-refractivity contribution in [3.63, 3.8) is 0 Å². The fourth-order valence-corrected chi connectivity index (χ4v) is 2.01. The fraction of sp³-hybridized carbons (Fsp3) is 0. The maximum atomic E-state index is 8.78. The second-order valence-corrected chi connectivity index (χ2v) is 3.90. The van der Waals surface area contributed by atoms with Crippen LogP contribution in [-0.2, 0) is 0 Å². The molecule has 0 aliphatic heterocycles. The molecule has 3 aromatic rings. The molecule has 0 saturated carbocycles. The molecule has 0 aliphatic carbocycles. The molecule has 2 heteroatoms. The van der Waals surface area contributed by atoms with Gasteiger partial charge in [0.15, 0.2) is 0 Å². The maximum absolute atomic E-state index is 8.78. The maximum Gasteiger partial charge on any atom is 0.0991 e. The average molecular weight is 218 g/mol. The second-order valence-electron chi connectivity index (χ2n) is 3.90. The second kappa shape index (κ2) is 3.80. The van der Waals surface area contributed by atoms with E-state index in [1.54, 1.807) is 0 Å². The largest absolute Gasteiger partial charge is 0.317 e. The molecule has 80 valence electrons. The summed E-state index contributed by atoms with van der Waals surface area (Å²) in [6.07, 6.45) is 2.04. The quantitative estimate of drug-likeness (QED) is 0.614. The van der Waals surface area contributed by atoms with Crippen molar-refractivity contribution >= 4 is 5.52 Å². The molecule has 0 radical (unpaired) electrons. The molecule has 0 bridgehead atoms. The van der Waals surface area contributed by atoms with E-state index in [2.05, 4.69) is 28.7 Å². The lowest BCUT2D eigenvalue weighted by Gasteiger charge is -2.02. The molecule has 3 rings (SSSR count). The third kappa shape index (κ3) is 1.58. The molecule has 2 nitrogen and oxygen atoms in total. The molecule has 0 aliphatic rings. The van der Waals surface area contributed by atoms with Crippen molar-refractivity contribution in [3.05, 3.63) is 66.4 Å². The van der Waals surface area contributed by atoms with Crippen LogP contribution in [0.3, 0.4) is 0 Å². The van der Waals surface area contributed by atoms with Gasteiger partial charge in [0.25, 0.3) is 0 Å². The van der Waals surface area contributed by atoms with Gasteiger partial charge in [-0.25, -0.2) is 0 Å². The van der Waals surface area contributed by atoms with Gasteiger partial charge in [-0.05, 0) is 42.0 Å². The van der Waals surface area contributed by atoms with E-state index in [0.717, 1.165) is 11.3 Å². The highest BCUT2D eigenvalue weighted by Gasteiger charge is 2.03. The highest BCUT2D eigenvalue weighted by Crippen LogP contribution is 2.22. The number of hydrogen-bond acceptors (Lipinski definition) is 1. The van der Waals surface area contributed by atoms with Crippen LogP contribution in [0.5, 0.6) is 0 Å². The zero-order valence-corrected chi connectivity index (χ0v) is 9.17. The van der Waals surface area contributed by atoms with Crippen molar-refractivity contribution in [3.8, 4) is 17.3 Å². The molecule has 17 heavy (non-hydrogen) atoms. The number of aromatic nitrogens is 1. The summed E-state index contributed by atoms with van der Waals surface area (Å²) < 4.78 is 2.14. The predicted octanol–water partition coefficient (Wildman–Crippen LogP) is 3.48. The SMILES string of the molecule is N#Cc1ccc(-c2ccc3ccccn23)cc1. The van der Waals surface area contributed by atoms with Gasteiger partial charge in [0.2, 0.25) is 0 Å². The number of fused-ring (bicyclic) bond motifs is 1. The van der Waals surface area contributed by atoms with Gasteiger partial charge in [-0.15, -0.1) is 0 Å². The first kappa shape index (κ1) is 9.68. The normalized spacial score (nSPS) is 10.3. The first-order valence-corrected chi connectivity index (χ1v) is 5.45. The Hall–Kier alpha value is -2.53. The monoisotopic (exact) mass is 218 g/mol. The van der Waals surface area contributed by atoms with Gasteiger partial charge >= 0.3 is 0 Å². The van der Waals surface area contributed by atoms with Crippen LogP contribution in [0.25, 0.3) is 16.8 Å². The van der Waals surface area contributed by atoms with Crippen LogP contribution >= 0.6 is 0 Å². The number of rotatable bonds is 1. The van der Waals surface area contributed by atoms with E-state index in [-0.39, 0.29) is 0 Å². The zero-order chi connectivity index (χ0) is 11.7. The minimum Gasteiger partial charge on any atom is -0.317 e. The number of benzene rings is 1. The topological polar surface area (TPSA) is 28.2 Å². The van der Waals surface area contributed by atoms with Crippen LogP contribution < -0.4 is 0 Å². The molecule has 0 spiro atoms. The molecule has 0 fully saturated rings. The Kier molecular flexibility index (Phi) is 2.16. The van der Waals surface area contributed by atoms with Crippen molar-refractivity contribution in [2.45, 2.75) is 0 Å². The summed E-state index contributed by atoms with van der Waals surface area (Å²) in [6, 6.07) is 20.1. The van der Waals surface area contributed by atoms with Gasteiger partial charge in [0.05, 0.1) is 17.3 Å². The lowest BCUT2D eigenvalue weighted by molar-refractivity contribution is 1.20. The zero-order valence-electron chi connectivity index (χ0n) is 9.17. The predicted molar refractivity (Wildman–Crippen MR) is 67.5 cm³/mol. The van der Waals surface area contributed by atoms with E-state index in [0.29, 0.717) is 5.56 Å². The molecule has 0 saturated heterocycles. The van der Waals surface area contributed by atoms with Crippen LogP contribution in [0.1, 0.15) is 5.56 Å². The van der Waals surface area contributed by atoms with Gasteiger partial charge in [-0.1, -0.05) is 18.2 Å². The molecule has 0 N–H and O–H groups in total.